The second-order valence-corrected chi connectivity index (χ2v) is 4.92. The Hall–Kier alpha value is -2.46. The van der Waals surface area contributed by atoms with Crippen LogP contribution in [0.2, 0.25) is 0 Å². The van der Waals surface area contributed by atoms with E-state index in [1.165, 1.54) is 0 Å². The highest BCUT2D eigenvalue weighted by atomic mass is 16.4. The van der Waals surface area contributed by atoms with Gasteiger partial charge in [-0.05, 0) is 13.0 Å². The lowest BCUT2D eigenvalue weighted by molar-refractivity contribution is -0.757. The summed E-state index contributed by atoms with van der Waals surface area (Å²) in [6, 6.07) is 15.5. The molecule has 0 bridgehead atoms. The van der Waals surface area contributed by atoms with E-state index in [0.717, 1.165) is 22.4 Å². The van der Waals surface area contributed by atoms with Crippen LogP contribution in [0.4, 0.5) is 5.69 Å². The highest BCUT2D eigenvalue weighted by molar-refractivity contribution is 6.45. The Labute approximate surface area is 117 Å². The summed E-state index contributed by atoms with van der Waals surface area (Å²) in [6.45, 7) is 2.52. The zero-order valence-corrected chi connectivity index (χ0v) is 11.1. The number of para-hydroxylation sites is 1. The Bertz CT molecular complexity index is 693. The third-order valence-electron chi connectivity index (χ3n) is 3.64. The summed E-state index contributed by atoms with van der Waals surface area (Å²) in [7, 11) is 0. The number of quaternary nitrogens is 1. The first-order chi connectivity index (χ1) is 9.72. The van der Waals surface area contributed by atoms with Crippen LogP contribution in [-0.2, 0) is 11.3 Å². The van der Waals surface area contributed by atoms with Crippen molar-refractivity contribution in [3.8, 4) is 0 Å². The number of nitrogens with one attached hydrogen (secondary N) is 1. The first-order valence-corrected chi connectivity index (χ1v) is 6.49. The van der Waals surface area contributed by atoms with Gasteiger partial charge in [0.15, 0.2) is 5.69 Å². The molecule has 1 unspecified atom stereocenters. The highest BCUT2D eigenvalue weighted by Crippen LogP contribution is 2.22. The van der Waals surface area contributed by atoms with Crippen molar-refractivity contribution in [3.05, 3.63) is 65.2 Å². The van der Waals surface area contributed by atoms with Gasteiger partial charge in [-0.1, -0.05) is 47.6 Å². The molecule has 1 atom stereocenters. The predicted molar refractivity (Wildman–Crippen MR) is 75.3 cm³/mol. The number of hydrogen-bond acceptors (Lipinski definition) is 3. The molecule has 0 saturated heterocycles. The van der Waals surface area contributed by atoms with E-state index in [-0.39, 0.29) is 11.6 Å². The third kappa shape index (κ3) is 1.90. The summed E-state index contributed by atoms with van der Waals surface area (Å²) < 4.78 is 0. The van der Waals surface area contributed by atoms with E-state index in [9.17, 15) is 4.79 Å². The average Bonchev–Trinajstić information content (AvgIpc) is 2.73. The molecule has 1 heterocycles. The summed E-state index contributed by atoms with van der Waals surface area (Å²) in [5.74, 6) is -0.180. The molecule has 2 aromatic carbocycles. The molecular formula is C16H15N2O2+. The van der Waals surface area contributed by atoms with Crippen LogP contribution in [0.3, 0.4) is 0 Å². The predicted octanol–water partition coefficient (Wildman–Crippen LogP) is 1.43. The van der Waals surface area contributed by atoms with E-state index >= 15 is 0 Å². The van der Waals surface area contributed by atoms with Gasteiger partial charge in [-0.25, -0.2) is 9.69 Å². The monoisotopic (exact) mass is 267 g/mol. The van der Waals surface area contributed by atoms with Crippen LogP contribution in [0.1, 0.15) is 16.7 Å². The Balaban J connectivity index is 2.07. The molecule has 2 aromatic rings. The minimum Gasteiger partial charge on any atom is -0.410 e. The standard InChI is InChI=1S/C16H14N2O2/c1-11-6-5-9-13-14(17-20)16(19)18(15(11)13)10-12-7-3-2-4-8-12/h2-9,20H,10H2,1H3/p+1. The quantitative estimate of drug-likeness (QED) is 0.639. The molecule has 0 spiro atoms. The maximum atomic E-state index is 12.4. The number of rotatable bonds is 2. The minimum atomic E-state index is -0.180. The van der Waals surface area contributed by atoms with E-state index in [4.69, 9.17) is 5.21 Å². The lowest BCUT2D eigenvalue weighted by atomic mass is 10.1. The molecule has 20 heavy (non-hydrogen) atoms. The van der Waals surface area contributed by atoms with E-state index in [2.05, 4.69) is 5.16 Å². The van der Waals surface area contributed by atoms with Crippen LogP contribution in [0.5, 0.6) is 0 Å². The SMILES string of the molecule is Cc1cccc2c1[NH+](Cc1ccccc1)C(=O)C2=NO. The van der Waals surface area contributed by atoms with E-state index < -0.39 is 0 Å². The molecule has 1 aliphatic heterocycles. The Morgan fingerprint density at radius 2 is 1.85 bits per heavy atom. The number of carbonyl (C=O) groups excluding carboxylic acids is 1. The Morgan fingerprint density at radius 3 is 2.55 bits per heavy atom. The van der Waals surface area contributed by atoms with E-state index in [1.807, 2.05) is 55.5 Å². The lowest BCUT2D eigenvalue weighted by Crippen LogP contribution is -3.08. The van der Waals surface area contributed by atoms with E-state index in [0.29, 0.717) is 11.4 Å². The normalized spacial score (nSPS) is 19.4. The Morgan fingerprint density at radius 1 is 1.10 bits per heavy atom. The van der Waals surface area contributed by atoms with Crippen molar-refractivity contribution in [3.63, 3.8) is 0 Å². The number of carbonyl (C=O) groups is 1. The van der Waals surface area contributed by atoms with Gasteiger partial charge >= 0.3 is 5.91 Å². The second-order valence-electron chi connectivity index (χ2n) is 4.92. The molecule has 0 saturated carbocycles. The van der Waals surface area contributed by atoms with Crippen LogP contribution in [0.25, 0.3) is 0 Å². The zero-order valence-electron chi connectivity index (χ0n) is 11.1. The zero-order chi connectivity index (χ0) is 14.1. The van der Waals surface area contributed by atoms with Gasteiger partial charge in [0.1, 0.15) is 6.54 Å². The lowest BCUT2D eigenvalue weighted by Gasteiger charge is -2.12. The number of hydrogen-bond donors (Lipinski definition) is 2. The number of oxime groups is 1. The topological polar surface area (TPSA) is 54.1 Å². The summed E-state index contributed by atoms with van der Waals surface area (Å²) in [6.07, 6.45) is 0. The van der Waals surface area contributed by atoms with Gasteiger partial charge in [0.05, 0.1) is 5.56 Å². The molecule has 0 radical (unpaired) electrons. The molecule has 0 fully saturated rings. The van der Waals surface area contributed by atoms with Crippen molar-refractivity contribution in [1.29, 1.82) is 0 Å². The maximum absolute atomic E-state index is 12.4. The van der Waals surface area contributed by atoms with Crippen LogP contribution in [0.15, 0.2) is 53.7 Å². The number of fused-ring (bicyclic) bond motifs is 1. The fourth-order valence-electron chi connectivity index (χ4n) is 2.71. The summed E-state index contributed by atoms with van der Waals surface area (Å²) >= 11 is 0. The van der Waals surface area contributed by atoms with Gasteiger partial charge in [0.2, 0.25) is 5.71 Å². The number of nitrogens with zero attached hydrogens (tertiary/aromatic N) is 1. The minimum absolute atomic E-state index is 0.148. The molecule has 4 nitrogen and oxygen atoms in total. The molecule has 4 heteroatoms. The number of amides is 1. The van der Waals surface area contributed by atoms with Crippen molar-refractivity contribution in [2.45, 2.75) is 13.5 Å². The van der Waals surface area contributed by atoms with Crippen LogP contribution in [-0.4, -0.2) is 16.8 Å². The molecule has 100 valence electrons. The van der Waals surface area contributed by atoms with Crippen molar-refractivity contribution >= 4 is 17.3 Å². The second kappa shape index (κ2) is 4.90. The molecule has 0 aliphatic carbocycles. The first-order valence-electron chi connectivity index (χ1n) is 6.49. The van der Waals surface area contributed by atoms with Gasteiger partial charge < -0.3 is 5.21 Å². The fraction of sp³-hybridized carbons (Fsp3) is 0.125. The molecule has 3 rings (SSSR count). The maximum Gasteiger partial charge on any atom is 0.372 e. The number of aryl methyl sites for hydroxylation is 1. The van der Waals surface area contributed by atoms with Crippen molar-refractivity contribution in [2.24, 2.45) is 5.16 Å². The molecule has 2 N–H and O–H groups in total. The summed E-state index contributed by atoms with van der Waals surface area (Å²) in [4.78, 5) is 13.1. The fourth-order valence-corrected chi connectivity index (χ4v) is 2.71. The molecule has 1 aliphatic rings. The largest absolute Gasteiger partial charge is 0.410 e. The summed E-state index contributed by atoms with van der Waals surface area (Å²) in [5, 5.41) is 12.3. The smallest absolute Gasteiger partial charge is 0.372 e. The third-order valence-corrected chi connectivity index (χ3v) is 3.64. The molecular weight excluding hydrogens is 252 g/mol. The van der Waals surface area contributed by atoms with Crippen LogP contribution >= 0.6 is 0 Å². The van der Waals surface area contributed by atoms with Gasteiger partial charge in [-0.15, -0.1) is 0 Å². The number of benzene rings is 2. The van der Waals surface area contributed by atoms with Gasteiger partial charge in [0, 0.05) is 11.1 Å². The van der Waals surface area contributed by atoms with Crippen LogP contribution in [0, 0.1) is 6.92 Å². The van der Waals surface area contributed by atoms with Crippen LogP contribution < -0.4 is 4.90 Å². The van der Waals surface area contributed by atoms with E-state index in [1.54, 1.807) is 0 Å². The summed E-state index contributed by atoms with van der Waals surface area (Å²) in [5.41, 5.74) is 3.89. The van der Waals surface area contributed by atoms with Gasteiger partial charge in [-0.3, -0.25) is 0 Å². The Kier molecular flexibility index (Phi) is 3.08. The van der Waals surface area contributed by atoms with Gasteiger partial charge in [-0.2, -0.15) is 0 Å². The molecule has 0 aromatic heterocycles. The van der Waals surface area contributed by atoms with Gasteiger partial charge in [0.25, 0.3) is 0 Å². The first kappa shape index (κ1) is 12.6. The highest BCUT2D eigenvalue weighted by Gasteiger charge is 2.41. The molecule has 1 amide bonds. The average molecular weight is 267 g/mol. The van der Waals surface area contributed by atoms with Crippen molar-refractivity contribution in [1.82, 2.24) is 0 Å². The van der Waals surface area contributed by atoms with Crippen molar-refractivity contribution in [2.75, 3.05) is 0 Å². The van der Waals surface area contributed by atoms with Crippen molar-refractivity contribution < 1.29 is 14.9 Å².